The van der Waals surface area contributed by atoms with Crippen molar-refractivity contribution in [3.05, 3.63) is 23.2 Å². The van der Waals surface area contributed by atoms with Gasteiger partial charge in [-0.1, -0.05) is 11.6 Å². The number of hydrogen-bond acceptors (Lipinski definition) is 4. The molecule has 138 valence electrons. The molecular formula is C16H19ClF3N3O2. The van der Waals surface area contributed by atoms with E-state index in [9.17, 15) is 13.2 Å². The third-order valence-corrected chi connectivity index (χ3v) is 4.49. The number of imidazole rings is 1. The molecule has 1 saturated heterocycles. The van der Waals surface area contributed by atoms with Crippen molar-refractivity contribution in [2.24, 2.45) is 0 Å². The number of halogens is 4. The van der Waals surface area contributed by atoms with E-state index in [0.29, 0.717) is 18.5 Å². The van der Waals surface area contributed by atoms with Gasteiger partial charge in [-0.3, -0.25) is 0 Å². The maximum atomic E-state index is 13.4. The number of rotatable bonds is 4. The molecule has 0 aliphatic carbocycles. The number of aromatic nitrogens is 3. The van der Waals surface area contributed by atoms with E-state index in [-0.39, 0.29) is 16.5 Å². The Kier molecular flexibility index (Phi) is 5.22. The fraction of sp³-hybridized carbons (Fsp3) is 0.625. The Morgan fingerprint density at radius 1 is 1.36 bits per heavy atom. The monoisotopic (exact) mass is 377 g/mol. The predicted molar refractivity (Wildman–Crippen MR) is 86.4 cm³/mol. The lowest BCUT2D eigenvalue weighted by Crippen LogP contribution is -2.28. The maximum absolute atomic E-state index is 13.4. The van der Waals surface area contributed by atoms with Crippen LogP contribution in [-0.4, -0.2) is 33.6 Å². The van der Waals surface area contributed by atoms with Gasteiger partial charge in [-0.05, 0) is 33.1 Å². The molecule has 0 bridgehead atoms. The molecule has 3 heterocycles. The molecule has 2 aromatic heterocycles. The molecule has 3 atom stereocenters. The van der Waals surface area contributed by atoms with E-state index in [1.54, 1.807) is 6.92 Å². The van der Waals surface area contributed by atoms with Crippen molar-refractivity contribution >= 4 is 22.6 Å². The molecule has 0 radical (unpaired) electrons. The van der Waals surface area contributed by atoms with Crippen molar-refractivity contribution in [3.63, 3.8) is 0 Å². The molecule has 2 aromatic rings. The number of alkyl halides is 3. The molecule has 0 amide bonds. The number of pyridine rings is 1. The SMILES string of the molecule is C[C@H](OC1CCCCO1)c1nc2cnc(Cl)cc2n1[C@H](C)C(F)(F)F. The minimum absolute atomic E-state index is 0.110. The second kappa shape index (κ2) is 7.09. The topological polar surface area (TPSA) is 49.2 Å². The molecule has 9 heteroatoms. The van der Waals surface area contributed by atoms with Crippen molar-refractivity contribution < 1.29 is 22.6 Å². The minimum Gasteiger partial charge on any atom is -0.353 e. The van der Waals surface area contributed by atoms with E-state index in [4.69, 9.17) is 21.1 Å². The Hall–Kier alpha value is -1.38. The second-order valence-electron chi connectivity index (χ2n) is 6.13. The van der Waals surface area contributed by atoms with E-state index < -0.39 is 24.6 Å². The normalized spacial score (nSPS) is 21.4. The van der Waals surface area contributed by atoms with Gasteiger partial charge < -0.3 is 14.0 Å². The van der Waals surface area contributed by atoms with Gasteiger partial charge in [0.1, 0.15) is 28.6 Å². The van der Waals surface area contributed by atoms with Crippen LogP contribution in [-0.2, 0) is 9.47 Å². The largest absolute Gasteiger partial charge is 0.408 e. The van der Waals surface area contributed by atoms with Gasteiger partial charge in [0.15, 0.2) is 6.29 Å². The molecule has 3 rings (SSSR count). The summed E-state index contributed by atoms with van der Waals surface area (Å²) in [5.74, 6) is 0.179. The Morgan fingerprint density at radius 2 is 2.12 bits per heavy atom. The quantitative estimate of drug-likeness (QED) is 0.717. The highest BCUT2D eigenvalue weighted by molar-refractivity contribution is 6.29. The van der Waals surface area contributed by atoms with Crippen molar-refractivity contribution in [3.8, 4) is 0 Å². The van der Waals surface area contributed by atoms with Crippen LogP contribution < -0.4 is 0 Å². The fourth-order valence-corrected chi connectivity index (χ4v) is 3.09. The lowest BCUT2D eigenvalue weighted by molar-refractivity contribution is -0.190. The highest BCUT2D eigenvalue weighted by Crippen LogP contribution is 2.36. The van der Waals surface area contributed by atoms with Gasteiger partial charge in [-0.15, -0.1) is 0 Å². The zero-order valence-electron chi connectivity index (χ0n) is 13.9. The molecular weight excluding hydrogens is 359 g/mol. The Balaban J connectivity index is 2.00. The van der Waals surface area contributed by atoms with Crippen LogP contribution in [0.4, 0.5) is 13.2 Å². The van der Waals surface area contributed by atoms with E-state index in [1.807, 2.05) is 0 Å². The van der Waals surface area contributed by atoms with Crippen molar-refractivity contribution in [1.82, 2.24) is 14.5 Å². The maximum Gasteiger partial charge on any atom is 0.408 e. The number of fused-ring (bicyclic) bond motifs is 1. The van der Waals surface area contributed by atoms with Gasteiger partial charge in [0.05, 0.1) is 11.7 Å². The summed E-state index contributed by atoms with van der Waals surface area (Å²) in [6, 6.07) is -0.385. The van der Waals surface area contributed by atoms with Gasteiger partial charge in [-0.25, -0.2) is 9.97 Å². The molecule has 1 unspecified atom stereocenters. The number of hydrogen-bond donors (Lipinski definition) is 0. The van der Waals surface area contributed by atoms with E-state index in [1.165, 1.54) is 12.3 Å². The van der Waals surface area contributed by atoms with Crippen molar-refractivity contribution in [1.29, 1.82) is 0 Å². The second-order valence-corrected chi connectivity index (χ2v) is 6.52. The molecule has 5 nitrogen and oxygen atoms in total. The minimum atomic E-state index is -4.43. The predicted octanol–water partition coefficient (Wildman–Crippen LogP) is 4.81. The first-order valence-corrected chi connectivity index (χ1v) is 8.52. The van der Waals surface area contributed by atoms with Crippen LogP contribution in [0.1, 0.15) is 51.1 Å². The van der Waals surface area contributed by atoms with Gasteiger partial charge in [0, 0.05) is 12.7 Å². The molecule has 1 aliphatic heterocycles. The summed E-state index contributed by atoms with van der Waals surface area (Å²) in [6.45, 7) is 3.35. The zero-order chi connectivity index (χ0) is 18.2. The van der Waals surface area contributed by atoms with Crippen LogP contribution in [0.15, 0.2) is 12.3 Å². The molecule has 0 aromatic carbocycles. The molecule has 0 N–H and O–H groups in total. The van der Waals surface area contributed by atoms with Gasteiger partial charge in [0.2, 0.25) is 0 Å². The summed E-state index contributed by atoms with van der Waals surface area (Å²) < 4.78 is 52.6. The first kappa shape index (κ1) is 18.4. The number of nitrogens with zero attached hydrogens (tertiary/aromatic N) is 3. The summed E-state index contributed by atoms with van der Waals surface area (Å²) in [6.07, 6.45) is -1.52. The lowest BCUT2D eigenvalue weighted by Gasteiger charge is -2.27. The van der Waals surface area contributed by atoms with Crippen LogP contribution in [0.2, 0.25) is 5.15 Å². The van der Waals surface area contributed by atoms with Crippen molar-refractivity contribution in [2.75, 3.05) is 6.61 Å². The average Bonchev–Trinajstić information content (AvgIpc) is 2.92. The van der Waals surface area contributed by atoms with Gasteiger partial charge in [-0.2, -0.15) is 13.2 Å². The van der Waals surface area contributed by atoms with Crippen LogP contribution in [0.3, 0.4) is 0 Å². The van der Waals surface area contributed by atoms with E-state index >= 15 is 0 Å². The smallest absolute Gasteiger partial charge is 0.353 e. The standard InChI is InChI=1S/C16H19ClF3N3O2/c1-9(25-14-5-3-4-6-24-14)15-22-11-8-21-13(17)7-12(11)23(15)10(2)16(18,19)20/h7-10,14H,3-6H2,1-2H3/t9-,10+,14?/m0/s1. The summed E-state index contributed by atoms with van der Waals surface area (Å²) in [5.41, 5.74) is 0.621. The third-order valence-electron chi connectivity index (χ3n) is 4.29. The van der Waals surface area contributed by atoms with Crippen LogP contribution in [0.25, 0.3) is 11.0 Å². The summed E-state index contributed by atoms with van der Waals surface area (Å²) in [7, 11) is 0. The van der Waals surface area contributed by atoms with Crippen LogP contribution in [0.5, 0.6) is 0 Å². The summed E-state index contributed by atoms with van der Waals surface area (Å²) in [5, 5.41) is 0.110. The molecule has 1 aliphatic rings. The first-order chi connectivity index (χ1) is 11.8. The molecule has 1 fully saturated rings. The molecule has 0 spiro atoms. The Bertz CT molecular complexity index is 744. The summed E-state index contributed by atoms with van der Waals surface area (Å²) >= 11 is 5.87. The fourth-order valence-electron chi connectivity index (χ4n) is 2.94. The highest BCUT2D eigenvalue weighted by Gasteiger charge is 2.40. The van der Waals surface area contributed by atoms with Gasteiger partial charge in [0.25, 0.3) is 0 Å². The Labute approximate surface area is 148 Å². The zero-order valence-corrected chi connectivity index (χ0v) is 14.6. The Morgan fingerprint density at radius 3 is 2.76 bits per heavy atom. The number of ether oxygens (including phenoxy) is 2. The first-order valence-electron chi connectivity index (χ1n) is 8.14. The van der Waals surface area contributed by atoms with E-state index in [2.05, 4.69) is 9.97 Å². The highest BCUT2D eigenvalue weighted by atomic mass is 35.5. The molecule has 25 heavy (non-hydrogen) atoms. The van der Waals surface area contributed by atoms with E-state index in [0.717, 1.165) is 24.3 Å². The summed E-state index contributed by atoms with van der Waals surface area (Å²) in [4.78, 5) is 8.22. The lowest BCUT2D eigenvalue weighted by atomic mass is 10.2. The average molecular weight is 378 g/mol. The third kappa shape index (κ3) is 3.91. The van der Waals surface area contributed by atoms with Crippen LogP contribution >= 0.6 is 11.6 Å². The van der Waals surface area contributed by atoms with Gasteiger partial charge >= 0.3 is 6.18 Å². The van der Waals surface area contributed by atoms with Crippen LogP contribution in [0, 0.1) is 0 Å². The van der Waals surface area contributed by atoms with Crippen molar-refractivity contribution in [2.45, 2.75) is 57.7 Å². The molecule has 0 saturated carbocycles.